The zero-order valence-electron chi connectivity index (χ0n) is 18.4. The summed E-state index contributed by atoms with van der Waals surface area (Å²) in [6.45, 7) is 7.01. The third kappa shape index (κ3) is 5.97. The fourth-order valence-corrected chi connectivity index (χ4v) is 5.03. The fraction of sp³-hybridized carbons (Fsp3) is 0.571. The van der Waals surface area contributed by atoms with Gasteiger partial charge in [0, 0.05) is 0 Å². The van der Waals surface area contributed by atoms with E-state index >= 15 is 0 Å². The summed E-state index contributed by atoms with van der Waals surface area (Å²) >= 11 is 0. The van der Waals surface area contributed by atoms with Crippen molar-refractivity contribution < 1.29 is 0 Å². The van der Waals surface area contributed by atoms with Crippen LogP contribution in [0.1, 0.15) is 83.3 Å². The van der Waals surface area contributed by atoms with Crippen molar-refractivity contribution >= 4 is 0 Å². The topological polar surface area (TPSA) is 0 Å². The van der Waals surface area contributed by atoms with Crippen LogP contribution in [-0.2, 0) is 12.8 Å². The monoisotopic (exact) mass is 376 g/mol. The molecule has 0 radical (unpaired) electrons. The van der Waals surface area contributed by atoms with Gasteiger partial charge in [-0.3, -0.25) is 0 Å². The standard InChI is InChI=1S/C28H40/c1-4-6-7-8-24-11-15-26(16-12-24)22(3)21-25-13-19-28(20-14-25)27-17-9-23(5-2)10-18-27/h9-10,13-14,17-20,22,24,26H,4-8,11-12,15-16,21H2,1-3H3. The molecule has 0 nitrogen and oxygen atoms in total. The Morgan fingerprint density at radius 1 is 0.750 bits per heavy atom. The van der Waals surface area contributed by atoms with Crippen LogP contribution in [-0.4, -0.2) is 0 Å². The van der Waals surface area contributed by atoms with Crippen molar-refractivity contribution in [1.82, 2.24) is 0 Å². The molecular weight excluding hydrogens is 336 g/mol. The van der Waals surface area contributed by atoms with Gasteiger partial charge in [-0.1, -0.05) is 108 Å². The molecule has 1 aliphatic carbocycles. The van der Waals surface area contributed by atoms with E-state index in [1.165, 1.54) is 80.0 Å². The summed E-state index contributed by atoms with van der Waals surface area (Å²) in [5, 5.41) is 0. The predicted octanol–water partition coefficient (Wildman–Crippen LogP) is 8.48. The average Bonchev–Trinajstić information content (AvgIpc) is 2.75. The Hall–Kier alpha value is -1.56. The highest BCUT2D eigenvalue weighted by atomic mass is 14.3. The maximum atomic E-state index is 2.49. The van der Waals surface area contributed by atoms with Crippen LogP contribution < -0.4 is 0 Å². The minimum Gasteiger partial charge on any atom is -0.0654 e. The van der Waals surface area contributed by atoms with Crippen molar-refractivity contribution in [3.05, 3.63) is 59.7 Å². The van der Waals surface area contributed by atoms with Crippen molar-refractivity contribution in [2.24, 2.45) is 17.8 Å². The first-order valence-corrected chi connectivity index (χ1v) is 11.9. The zero-order chi connectivity index (χ0) is 19.8. The van der Waals surface area contributed by atoms with E-state index in [9.17, 15) is 0 Å². The molecule has 2 aromatic rings. The van der Waals surface area contributed by atoms with E-state index in [1.807, 2.05) is 0 Å². The Bertz CT molecular complexity index is 671. The van der Waals surface area contributed by atoms with Crippen LogP contribution in [0.2, 0.25) is 0 Å². The highest BCUT2D eigenvalue weighted by Gasteiger charge is 2.25. The van der Waals surface area contributed by atoms with E-state index < -0.39 is 0 Å². The molecule has 0 aromatic heterocycles. The van der Waals surface area contributed by atoms with Gasteiger partial charge in [0.25, 0.3) is 0 Å². The second-order valence-electron chi connectivity index (χ2n) is 9.21. The van der Waals surface area contributed by atoms with E-state index in [2.05, 4.69) is 69.3 Å². The molecule has 152 valence electrons. The van der Waals surface area contributed by atoms with E-state index in [4.69, 9.17) is 0 Å². The lowest BCUT2D eigenvalue weighted by atomic mass is 9.73. The van der Waals surface area contributed by atoms with Crippen LogP contribution in [0.5, 0.6) is 0 Å². The molecule has 1 unspecified atom stereocenters. The van der Waals surface area contributed by atoms with Crippen molar-refractivity contribution in [2.75, 3.05) is 0 Å². The van der Waals surface area contributed by atoms with Crippen LogP contribution in [0.4, 0.5) is 0 Å². The average molecular weight is 377 g/mol. The summed E-state index contributed by atoms with van der Waals surface area (Å²) in [5.74, 6) is 2.77. The molecular formula is C28H40. The molecule has 0 heterocycles. The highest BCUT2D eigenvalue weighted by molar-refractivity contribution is 5.63. The Morgan fingerprint density at radius 2 is 1.32 bits per heavy atom. The van der Waals surface area contributed by atoms with Crippen LogP contribution in [0.15, 0.2) is 48.5 Å². The lowest BCUT2D eigenvalue weighted by Gasteiger charge is -2.32. The summed E-state index contributed by atoms with van der Waals surface area (Å²) in [4.78, 5) is 0. The highest BCUT2D eigenvalue weighted by Crippen LogP contribution is 2.37. The van der Waals surface area contributed by atoms with Gasteiger partial charge in [0.1, 0.15) is 0 Å². The normalized spacial score (nSPS) is 20.8. The van der Waals surface area contributed by atoms with E-state index in [0.717, 1.165) is 24.2 Å². The van der Waals surface area contributed by atoms with Gasteiger partial charge in [-0.15, -0.1) is 0 Å². The molecule has 3 rings (SSSR count). The minimum absolute atomic E-state index is 0.811. The van der Waals surface area contributed by atoms with Crippen LogP contribution in [0.25, 0.3) is 11.1 Å². The number of aryl methyl sites for hydroxylation is 1. The van der Waals surface area contributed by atoms with Crippen molar-refractivity contribution in [2.45, 2.75) is 85.0 Å². The summed E-state index contributed by atoms with van der Waals surface area (Å²) in [6.07, 6.45) is 13.9. The first kappa shape index (κ1) is 21.2. The predicted molar refractivity (Wildman–Crippen MR) is 124 cm³/mol. The summed E-state index contributed by atoms with van der Waals surface area (Å²) in [7, 11) is 0. The molecule has 0 N–H and O–H groups in total. The molecule has 28 heavy (non-hydrogen) atoms. The number of rotatable bonds is 9. The van der Waals surface area contributed by atoms with E-state index in [0.29, 0.717) is 0 Å². The molecule has 1 fully saturated rings. The maximum absolute atomic E-state index is 2.49. The Kier molecular flexibility index (Phi) is 8.19. The van der Waals surface area contributed by atoms with Crippen LogP contribution >= 0.6 is 0 Å². The molecule has 1 atom stereocenters. The minimum atomic E-state index is 0.811. The van der Waals surface area contributed by atoms with Gasteiger partial charge < -0.3 is 0 Å². The number of benzene rings is 2. The van der Waals surface area contributed by atoms with Gasteiger partial charge >= 0.3 is 0 Å². The van der Waals surface area contributed by atoms with Gasteiger partial charge in [0.2, 0.25) is 0 Å². The van der Waals surface area contributed by atoms with Gasteiger partial charge in [-0.2, -0.15) is 0 Å². The van der Waals surface area contributed by atoms with Crippen molar-refractivity contribution in [3.63, 3.8) is 0 Å². The molecule has 0 saturated heterocycles. The summed E-state index contributed by atoms with van der Waals surface area (Å²) in [6, 6.07) is 18.4. The fourth-order valence-electron chi connectivity index (χ4n) is 5.03. The van der Waals surface area contributed by atoms with Crippen molar-refractivity contribution in [3.8, 4) is 11.1 Å². The number of hydrogen-bond donors (Lipinski definition) is 0. The second-order valence-corrected chi connectivity index (χ2v) is 9.21. The molecule has 1 saturated carbocycles. The SMILES string of the molecule is CCCCCC1CCC(C(C)Cc2ccc(-c3ccc(CC)cc3)cc2)CC1. The second kappa shape index (κ2) is 10.8. The van der Waals surface area contributed by atoms with Crippen LogP contribution in [0.3, 0.4) is 0 Å². The summed E-state index contributed by atoms with van der Waals surface area (Å²) < 4.78 is 0. The molecule has 0 bridgehead atoms. The molecule has 0 amide bonds. The molecule has 2 aromatic carbocycles. The Balaban J connectivity index is 1.48. The van der Waals surface area contributed by atoms with Crippen LogP contribution in [0, 0.1) is 17.8 Å². The van der Waals surface area contributed by atoms with Gasteiger partial charge in [0.15, 0.2) is 0 Å². The smallest absolute Gasteiger partial charge is 0.0184 e. The Labute approximate surface area is 173 Å². The lowest BCUT2D eigenvalue weighted by Crippen LogP contribution is -2.21. The van der Waals surface area contributed by atoms with Crippen molar-refractivity contribution in [1.29, 1.82) is 0 Å². The van der Waals surface area contributed by atoms with E-state index in [1.54, 1.807) is 0 Å². The third-order valence-electron chi connectivity index (χ3n) is 7.12. The molecule has 0 heteroatoms. The summed E-state index contributed by atoms with van der Waals surface area (Å²) in [5.41, 5.74) is 5.59. The van der Waals surface area contributed by atoms with E-state index in [-0.39, 0.29) is 0 Å². The number of unbranched alkanes of at least 4 members (excludes halogenated alkanes) is 2. The maximum Gasteiger partial charge on any atom is -0.0184 e. The third-order valence-corrected chi connectivity index (χ3v) is 7.12. The first-order valence-electron chi connectivity index (χ1n) is 11.9. The zero-order valence-corrected chi connectivity index (χ0v) is 18.4. The largest absolute Gasteiger partial charge is 0.0654 e. The Morgan fingerprint density at radius 3 is 1.86 bits per heavy atom. The number of hydrogen-bond acceptors (Lipinski definition) is 0. The molecule has 1 aliphatic rings. The molecule has 0 aliphatic heterocycles. The van der Waals surface area contributed by atoms with Gasteiger partial charge in [0.05, 0.1) is 0 Å². The quantitative estimate of drug-likeness (QED) is 0.385. The first-order chi connectivity index (χ1) is 13.7. The van der Waals surface area contributed by atoms with Gasteiger partial charge in [-0.05, 0) is 65.7 Å². The molecule has 0 spiro atoms. The van der Waals surface area contributed by atoms with Gasteiger partial charge in [-0.25, -0.2) is 0 Å². The lowest BCUT2D eigenvalue weighted by molar-refractivity contribution is 0.204.